The Morgan fingerprint density at radius 2 is 1.71 bits per heavy atom. The minimum atomic E-state index is -0.526. The normalized spacial score (nSPS) is 15.5. The van der Waals surface area contributed by atoms with Crippen molar-refractivity contribution in [3.05, 3.63) is 71.3 Å². The van der Waals surface area contributed by atoms with Crippen molar-refractivity contribution in [2.45, 2.75) is 18.3 Å². The Morgan fingerprint density at radius 1 is 1.05 bits per heavy atom. The molecule has 0 spiro atoms. The average molecular weight is 287 g/mol. The molecule has 1 fully saturated rings. The van der Waals surface area contributed by atoms with E-state index in [1.807, 2.05) is 0 Å². The SMILES string of the molecule is O=C(NCC1(c2ccc(F)cc2)CC1)c1ccccc1F. The third kappa shape index (κ3) is 2.79. The van der Waals surface area contributed by atoms with Crippen LogP contribution in [0.15, 0.2) is 48.5 Å². The molecule has 1 aliphatic rings. The van der Waals surface area contributed by atoms with E-state index in [1.54, 1.807) is 24.3 Å². The highest BCUT2D eigenvalue weighted by atomic mass is 19.1. The zero-order valence-corrected chi connectivity index (χ0v) is 11.4. The van der Waals surface area contributed by atoms with Gasteiger partial charge in [-0.2, -0.15) is 0 Å². The molecule has 4 heteroatoms. The molecule has 0 radical (unpaired) electrons. The third-order valence-corrected chi connectivity index (χ3v) is 4.02. The van der Waals surface area contributed by atoms with Gasteiger partial charge >= 0.3 is 0 Å². The minimum absolute atomic E-state index is 0.0485. The second-order valence-electron chi connectivity index (χ2n) is 5.45. The number of hydrogen-bond donors (Lipinski definition) is 1. The number of carbonyl (C=O) groups is 1. The molecule has 0 unspecified atom stereocenters. The standard InChI is InChI=1S/C17H15F2NO/c18-13-7-5-12(6-8-13)17(9-10-17)11-20-16(21)14-3-1-2-4-15(14)19/h1-8H,9-11H2,(H,20,21). The van der Waals surface area contributed by atoms with Crippen molar-refractivity contribution in [2.24, 2.45) is 0 Å². The molecule has 3 rings (SSSR count). The molecule has 2 aromatic carbocycles. The van der Waals surface area contributed by atoms with Gasteiger partial charge in [0.2, 0.25) is 0 Å². The van der Waals surface area contributed by atoms with Crippen LogP contribution in [0, 0.1) is 11.6 Å². The summed E-state index contributed by atoms with van der Waals surface area (Å²) >= 11 is 0. The predicted molar refractivity (Wildman–Crippen MR) is 76.0 cm³/mol. The Balaban J connectivity index is 1.69. The van der Waals surface area contributed by atoms with Gasteiger partial charge in [-0.05, 0) is 42.7 Å². The molecule has 108 valence electrons. The zero-order valence-electron chi connectivity index (χ0n) is 11.4. The van der Waals surface area contributed by atoms with Crippen LogP contribution in [0.3, 0.4) is 0 Å². The molecule has 0 heterocycles. The first kappa shape index (κ1) is 13.7. The molecule has 1 aliphatic carbocycles. The zero-order chi connectivity index (χ0) is 14.9. The number of amides is 1. The summed E-state index contributed by atoms with van der Waals surface area (Å²) in [6.45, 7) is 0.436. The summed E-state index contributed by atoms with van der Waals surface area (Å²) in [4.78, 5) is 12.0. The van der Waals surface area contributed by atoms with Gasteiger partial charge in [-0.3, -0.25) is 4.79 Å². The maximum absolute atomic E-state index is 13.5. The van der Waals surface area contributed by atoms with Gasteiger partial charge in [0.25, 0.3) is 5.91 Å². The molecule has 0 saturated heterocycles. The van der Waals surface area contributed by atoms with Crippen molar-refractivity contribution in [2.75, 3.05) is 6.54 Å². The Hall–Kier alpha value is -2.23. The van der Waals surface area contributed by atoms with Crippen molar-refractivity contribution in [1.29, 1.82) is 0 Å². The van der Waals surface area contributed by atoms with Crippen LogP contribution in [-0.2, 0) is 5.41 Å². The summed E-state index contributed by atoms with van der Waals surface area (Å²) < 4.78 is 26.5. The number of halogens is 2. The lowest BCUT2D eigenvalue weighted by atomic mass is 9.96. The van der Waals surface area contributed by atoms with Crippen LogP contribution < -0.4 is 5.32 Å². The van der Waals surface area contributed by atoms with Gasteiger partial charge in [0.1, 0.15) is 11.6 Å². The lowest BCUT2D eigenvalue weighted by molar-refractivity contribution is 0.0945. The molecule has 0 aliphatic heterocycles. The summed E-state index contributed by atoms with van der Waals surface area (Å²) in [5.41, 5.74) is 0.930. The van der Waals surface area contributed by atoms with Gasteiger partial charge in [-0.15, -0.1) is 0 Å². The summed E-state index contributed by atoms with van der Waals surface area (Å²) in [5, 5.41) is 2.78. The van der Waals surface area contributed by atoms with Crippen LogP contribution in [0.4, 0.5) is 8.78 Å². The van der Waals surface area contributed by atoms with Crippen molar-refractivity contribution in [3.63, 3.8) is 0 Å². The smallest absolute Gasteiger partial charge is 0.254 e. The third-order valence-electron chi connectivity index (χ3n) is 4.02. The monoisotopic (exact) mass is 287 g/mol. The quantitative estimate of drug-likeness (QED) is 0.917. The first-order valence-electron chi connectivity index (χ1n) is 6.90. The van der Waals surface area contributed by atoms with Gasteiger partial charge in [0.05, 0.1) is 5.56 Å². The van der Waals surface area contributed by atoms with Crippen LogP contribution in [0.1, 0.15) is 28.8 Å². The maximum atomic E-state index is 13.5. The van der Waals surface area contributed by atoms with Crippen LogP contribution in [0.5, 0.6) is 0 Å². The molecule has 1 N–H and O–H groups in total. The van der Waals surface area contributed by atoms with E-state index < -0.39 is 11.7 Å². The highest BCUT2D eigenvalue weighted by molar-refractivity contribution is 5.94. The number of benzene rings is 2. The maximum Gasteiger partial charge on any atom is 0.254 e. The van der Waals surface area contributed by atoms with Crippen LogP contribution in [0.2, 0.25) is 0 Å². The van der Waals surface area contributed by atoms with Crippen molar-refractivity contribution in [1.82, 2.24) is 5.32 Å². The molecule has 1 saturated carbocycles. The Morgan fingerprint density at radius 3 is 2.33 bits per heavy atom. The van der Waals surface area contributed by atoms with Crippen LogP contribution >= 0.6 is 0 Å². The molecule has 2 nitrogen and oxygen atoms in total. The number of carbonyl (C=O) groups excluding carboxylic acids is 1. The lowest BCUT2D eigenvalue weighted by Gasteiger charge is -2.16. The molecule has 0 bridgehead atoms. The van der Waals surface area contributed by atoms with Crippen LogP contribution in [-0.4, -0.2) is 12.5 Å². The fourth-order valence-electron chi connectivity index (χ4n) is 2.51. The van der Waals surface area contributed by atoms with Gasteiger partial charge in [0.15, 0.2) is 0 Å². The van der Waals surface area contributed by atoms with E-state index in [9.17, 15) is 13.6 Å². The van der Waals surface area contributed by atoms with Gasteiger partial charge in [-0.1, -0.05) is 24.3 Å². The van der Waals surface area contributed by atoms with E-state index in [0.29, 0.717) is 6.54 Å². The predicted octanol–water partition coefficient (Wildman–Crippen LogP) is 3.43. The molecule has 21 heavy (non-hydrogen) atoms. The van der Waals surface area contributed by atoms with E-state index in [4.69, 9.17) is 0 Å². The first-order chi connectivity index (χ1) is 10.1. The molecular weight excluding hydrogens is 272 g/mol. The Labute approximate surface area is 121 Å². The summed E-state index contributed by atoms with van der Waals surface area (Å²) in [5.74, 6) is -1.21. The molecular formula is C17H15F2NO. The van der Waals surface area contributed by atoms with E-state index in [1.165, 1.54) is 24.3 Å². The van der Waals surface area contributed by atoms with E-state index >= 15 is 0 Å². The fraction of sp³-hybridized carbons (Fsp3) is 0.235. The van der Waals surface area contributed by atoms with Gasteiger partial charge in [0, 0.05) is 12.0 Å². The van der Waals surface area contributed by atoms with E-state index in [-0.39, 0.29) is 16.8 Å². The number of rotatable bonds is 4. The molecule has 2 aromatic rings. The molecule has 1 amide bonds. The van der Waals surface area contributed by atoms with Crippen LogP contribution in [0.25, 0.3) is 0 Å². The van der Waals surface area contributed by atoms with Crippen molar-refractivity contribution in [3.8, 4) is 0 Å². The largest absolute Gasteiger partial charge is 0.351 e. The summed E-state index contributed by atoms with van der Waals surface area (Å²) in [7, 11) is 0. The van der Waals surface area contributed by atoms with Gasteiger partial charge < -0.3 is 5.32 Å². The van der Waals surface area contributed by atoms with Crippen molar-refractivity contribution < 1.29 is 13.6 Å². The number of nitrogens with one attached hydrogen (secondary N) is 1. The summed E-state index contributed by atoms with van der Waals surface area (Å²) in [6.07, 6.45) is 1.88. The summed E-state index contributed by atoms with van der Waals surface area (Å²) in [6, 6.07) is 12.2. The molecule has 0 aromatic heterocycles. The van der Waals surface area contributed by atoms with Crippen molar-refractivity contribution >= 4 is 5.91 Å². The minimum Gasteiger partial charge on any atom is -0.351 e. The second kappa shape index (κ2) is 5.28. The lowest BCUT2D eigenvalue weighted by Crippen LogP contribution is -2.32. The fourth-order valence-corrected chi connectivity index (χ4v) is 2.51. The second-order valence-corrected chi connectivity index (χ2v) is 5.45. The molecule has 0 atom stereocenters. The van der Waals surface area contributed by atoms with Gasteiger partial charge in [-0.25, -0.2) is 8.78 Å². The number of hydrogen-bond acceptors (Lipinski definition) is 1. The van der Waals surface area contributed by atoms with E-state index in [0.717, 1.165) is 18.4 Å². The topological polar surface area (TPSA) is 29.1 Å². The highest BCUT2D eigenvalue weighted by Gasteiger charge is 2.44. The highest BCUT2D eigenvalue weighted by Crippen LogP contribution is 2.47. The van der Waals surface area contributed by atoms with E-state index in [2.05, 4.69) is 5.32 Å². The first-order valence-corrected chi connectivity index (χ1v) is 6.90. The Kier molecular flexibility index (Phi) is 3.45. The average Bonchev–Trinajstić information content (AvgIpc) is 3.27. The Bertz CT molecular complexity index is 663.